The molecule has 0 fully saturated rings. The largest absolute Gasteiger partial charge is 0.351 e. The summed E-state index contributed by atoms with van der Waals surface area (Å²) in [5.41, 5.74) is 0.771. The molecule has 1 N–H and O–H groups in total. The molecule has 4 nitrogen and oxygen atoms in total. The van der Waals surface area contributed by atoms with Crippen LogP contribution in [0.4, 0.5) is 0 Å². The molecular weight excluding hydrogens is 246 g/mol. The second-order valence-electron chi connectivity index (χ2n) is 3.70. The molecule has 0 aliphatic carbocycles. The number of hydrogen-bond acceptors (Lipinski definition) is 4. The van der Waals surface area contributed by atoms with Crippen LogP contribution in [0.1, 0.15) is 35.6 Å². The van der Waals surface area contributed by atoms with E-state index in [0.29, 0.717) is 23.2 Å². The molecular formula is C10H16ClN3OS. The van der Waals surface area contributed by atoms with Crippen LogP contribution >= 0.6 is 23.1 Å². The van der Waals surface area contributed by atoms with E-state index in [4.69, 9.17) is 11.6 Å². The summed E-state index contributed by atoms with van der Waals surface area (Å²) in [7, 11) is 0. The van der Waals surface area contributed by atoms with Crippen molar-refractivity contribution in [2.24, 2.45) is 5.92 Å². The van der Waals surface area contributed by atoms with Gasteiger partial charge < -0.3 is 5.32 Å². The van der Waals surface area contributed by atoms with Gasteiger partial charge in [0.05, 0.1) is 5.69 Å². The Hall–Kier alpha value is -0.680. The zero-order valence-electron chi connectivity index (χ0n) is 9.49. The molecule has 0 bridgehead atoms. The number of carbonyl (C=O) groups excluding carboxylic acids is 1. The molecule has 0 radical (unpaired) electrons. The number of hydrogen-bond donors (Lipinski definition) is 1. The van der Waals surface area contributed by atoms with E-state index in [1.54, 1.807) is 0 Å². The second-order valence-corrected chi connectivity index (χ2v) is 4.83. The van der Waals surface area contributed by atoms with Gasteiger partial charge in [0.1, 0.15) is 4.88 Å². The fourth-order valence-corrected chi connectivity index (χ4v) is 2.29. The highest BCUT2D eigenvalue weighted by Gasteiger charge is 2.15. The van der Waals surface area contributed by atoms with Gasteiger partial charge in [-0.05, 0) is 30.3 Å². The smallest absolute Gasteiger partial charge is 0.264 e. The maximum absolute atomic E-state index is 11.8. The quantitative estimate of drug-likeness (QED) is 0.798. The van der Waals surface area contributed by atoms with Crippen molar-refractivity contribution in [3.63, 3.8) is 0 Å². The lowest BCUT2D eigenvalue weighted by molar-refractivity contribution is 0.0951. The highest BCUT2D eigenvalue weighted by molar-refractivity contribution is 7.08. The minimum atomic E-state index is -0.0757. The molecule has 1 rings (SSSR count). The van der Waals surface area contributed by atoms with Gasteiger partial charge >= 0.3 is 0 Å². The molecule has 6 heteroatoms. The number of alkyl halides is 1. The molecule has 1 amide bonds. The van der Waals surface area contributed by atoms with Crippen LogP contribution in [0.2, 0.25) is 0 Å². The summed E-state index contributed by atoms with van der Waals surface area (Å²) in [5, 5.41) is 6.78. The van der Waals surface area contributed by atoms with Gasteiger partial charge in [0.2, 0.25) is 0 Å². The maximum Gasteiger partial charge on any atom is 0.264 e. The van der Waals surface area contributed by atoms with Crippen molar-refractivity contribution in [3.05, 3.63) is 10.6 Å². The van der Waals surface area contributed by atoms with E-state index in [2.05, 4.69) is 21.8 Å². The topological polar surface area (TPSA) is 54.9 Å². The molecule has 0 aromatic carbocycles. The normalized spacial score (nSPS) is 12.4. The van der Waals surface area contributed by atoms with Crippen LogP contribution < -0.4 is 5.32 Å². The Morgan fingerprint density at radius 3 is 3.00 bits per heavy atom. The van der Waals surface area contributed by atoms with E-state index < -0.39 is 0 Å². The van der Waals surface area contributed by atoms with Gasteiger partial charge in [0.25, 0.3) is 5.91 Å². The molecule has 0 aliphatic rings. The maximum atomic E-state index is 11.8. The average Bonchev–Trinajstić information content (AvgIpc) is 2.74. The molecule has 0 spiro atoms. The summed E-state index contributed by atoms with van der Waals surface area (Å²) in [6.45, 7) is 4.67. The van der Waals surface area contributed by atoms with E-state index in [1.165, 1.54) is 0 Å². The van der Waals surface area contributed by atoms with Crippen LogP contribution in [0, 0.1) is 5.92 Å². The van der Waals surface area contributed by atoms with Crippen LogP contribution in [0.5, 0.6) is 0 Å². The molecule has 1 aromatic heterocycles. The first-order valence-corrected chi connectivity index (χ1v) is 6.65. The van der Waals surface area contributed by atoms with Crippen LogP contribution in [-0.4, -0.2) is 27.9 Å². The fraction of sp³-hybridized carbons (Fsp3) is 0.700. The molecule has 1 atom stereocenters. The third-order valence-corrected chi connectivity index (χ3v) is 3.29. The zero-order valence-corrected chi connectivity index (χ0v) is 11.1. The number of amides is 1. The molecule has 90 valence electrons. The molecule has 0 saturated heterocycles. The number of carbonyl (C=O) groups is 1. The fourth-order valence-electron chi connectivity index (χ4n) is 1.25. The predicted molar refractivity (Wildman–Crippen MR) is 66.1 cm³/mol. The van der Waals surface area contributed by atoms with Gasteiger partial charge in [-0.1, -0.05) is 18.3 Å². The molecule has 16 heavy (non-hydrogen) atoms. The third kappa shape index (κ3) is 3.72. The predicted octanol–water partition coefficient (Wildman–Crippen LogP) is 2.10. The third-order valence-electron chi connectivity index (χ3n) is 2.31. The summed E-state index contributed by atoms with van der Waals surface area (Å²) in [6.07, 6.45) is 1.64. The summed E-state index contributed by atoms with van der Waals surface area (Å²) in [5.74, 6) is 0.944. The van der Waals surface area contributed by atoms with Gasteiger partial charge in [-0.15, -0.1) is 16.7 Å². The first kappa shape index (κ1) is 13.4. The minimum Gasteiger partial charge on any atom is -0.351 e. The van der Waals surface area contributed by atoms with Gasteiger partial charge in [0.15, 0.2) is 0 Å². The number of nitrogens with one attached hydrogen (secondary N) is 1. The highest BCUT2D eigenvalue weighted by atomic mass is 35.5. The Kier molecular flexibility index (Phi) is 5.69. The van der Waals surface area contributed by atoms with E-state index >= 15 is 0 Å². The monoisotopic (exact) mass is 261 g/mol. The summed E-state index contributed by atoms with van der Waals surface area (Å²) in [4.78, 5) is 12.4. The SMILES string of the molecule is CCc1nnsc1C(=O)NCC(C)CCCl. The summed E-state index contributed by atoms with van der Waals surface area (Å²) < 4.78 is 3.79. The number of rotatable bonds is 6. The number of aromatic nitrogens is 2. The summed E-state index contributed by atoms with van der Waals surface area (Å²) >= 11 is 6.78. The van der Waals surface area contributed by atoms with Crippen molar-refractivity contribution in [2.45, 2.75) is 26.7 Å². The molecule has 1 unspecified atom stereocenters. The van der Waals surface area contributed by atoms with Crippen molar-refractivity contribution >= 4 is 29.0 Å². The van der Waals surface area contributed by atoms with Gasteiger partial charge in [0, 0.05) is 12.4 Å². The highest BCUT2D eigenvalue weighted by Crippen LogP contribution is 2.11. The lowest BCUT2D eigenvalue weighted by Gasteiger charge is -2.10. The second kappa shape index (κ2) is 6.81. The van der Waals surface area contributed by atoms with Crippen LogP contribution in [0.25, 0.3) is 0 Å². The number of halogens is 1. The molecule has 1 aromatic rings. The van der Waals surface area contributed by atoms with E-state index in [-0.39, 0.29) is 5.91 Å². The van der Waals surface area contributed by atoms with Gasteiger partial charge in [-0.3, -0.25) is 4.79 Å². The van der Waals surface area contributed by atoms with E-state index in [0.717, 1.165) is 30.1 Å². The lowest BCUT2D eigenvalue weighted by Crippen LogP contribution is -2.28. The van der Waals surface area contributed by atoms with Crippen molar-refractivity contribution in [2.75, 3.05) is 12.4 Å². The molecule has 0 saturated carbocycles. The zero-order chi connectivity index (χ0) is 12.0. The molecule has 0 aliphatic heterocycles. The van der Waals surface area contributed by atoms with Gasteiger partial charge in [-0.25, -0.2) is 0 Å². The van der Waals surface area contributed by atoms with E-state index in [9.17, 15) is 4.79 Å². The minimum absolute atomic E-state index is 0.0757. The Labute approximate surface area is 105 Å². The van der Waals surface area contributed by atoms with Crippen molar-refractivity contribution < 1.29 is 4.79 Å². The van der Waals surface area contributed by atoms with Crippen LogP contribution in [0.15, 0.2) is 0 Å². The van der Waals surface area contributed by atoms with Crippen molar-refractivity contribution in [1.82, 2.24) is 14.9 Å². The van der Waals surface area contributed by atoms with Gasteiger partial charge in [-0.2, -0.15) is 0 Å². The Bertz CT molecular complexity index is 343. The van der Waals surface area contributed by atoms with Crippen LogP contribution in [0.3, 0.4) is 0 Å². The first-order valence-electron chi connectivity index (χ1n) is 5.34. The van der Waals surface area contributed by atoms with Crippen LogP contribution in [-0.2, 0) is 6.42 Å². The summed E-state index contributed by atoms with van der Waals surface area (Å²) in [6, 6.07) is 0. The average molecular weight is 262 g/mol. The lowest BCUT2D eigenvalue weighted by atomic mass is 10.1. The number of nitrogens with zero attached hydrogens (tertiary/aromatic N) is 2. The Morgan fingerprint density at radius 1 is 1.62 bits per heavy atom. The van der Waals surface area contributed by atoms with Crippen molar-refractivity contribution in [1.29, 1.82) is 0 Å². The standard InChI is InChI=1S/C10H16ClN3OS/c1-3-8-9(16-14-13-8)10(15)12-6-7(2)4-5-11/h7H,3-6H2,1-2H3,(H,12,15). The molecule has 1 heterocycles. The Balaban J connectivity index is 2.46. The van der Waals surface area contributed by atoms with E-state index in [1.807, 2.05) is 6.92 Å². The van der Waals surface area contributed by atoms with Crippen molar-refractivity contribution in [3.8, 4) is 0 Å². The first-order chi connectivity index (χ1) is 7.69. The number of aryl methyl sites for hydroxylation is 1. The Morgan fingerprint density at radius 2 is 2.38 bits per heavy atom.